The maximum atomic E-state index is 11.6. The summed E-state index contributed by atoms with van der Waals surface area (Å²) in [5, 5.41) is 13.0. The summed E-state index contributed by atoms with van der Waals surface area (Å²) in [6, 6.07) is -0.434. The van der Waals surface area contributed by atoms with Crippen LogP contribution in [0.5, 0.6) is 0 Å². The number of nitrogens with zero attached hydrogens (tertiary/aromatic N) is 3. The molecule has 100 valence electrons. The maximum Gasteiger partial charge on any atom is 0.244 e. The summed E-state index contributed by atoms with van der Waals surface area (Å²) in [6.07, 6.45) is 1.62. The van der Waals surface area contributed by atoms with Gasteiger partial charge in [0.1, 0.15) is 11.7 Å². The smallest absolute Gasteiger partial charge is 0.244 e. The fourth-order valence-electron chi connectivity index (χ4n) is 1.29. The van der Waals surface area contributed by atoms with Gasteiger partial charge in [-0.3, -0.25) is 9.59 Å². The molecular formula is C10H18N6O2. The van der Waals surface area contributed by atoms with Gasteiger partial charge in [0.2, 0.25) is 11.8 Å². The lowest BCUT2D eigenvalue weighted by Gasteiger charge is -2.10. The number of likely N-dealkylation sites (N-methyl/N-ethyl adjacent to an activating group) is 1. The van der Waals surface area contributed by atoms with E-state index in [0.29, 0.717) is 12.2 Å². The van der Waals surface area contributed by atoms with E-state index < -0.39 is 6.04 Å². The van der Waals surface area contributed by atoms with Crippen LogP contribution in [0.4, 0.5) is 0 Å². The van der Waals surface area contributed by atoms with E-state index >= 15 is 0 Å². The van der Waals surface area contributed by atoms with Gasteiger partial charge in [-0.1, -0.05) is 5.21 Å². The van der Waals surface area contributed by atoms with Crippen molar-refractivity contribution in [2.24, 2.45) is 5.73 Å². The largest absolute Gasteiger partial charge is 0.355 e. The Kier molecular flexibility index (Phi) is 5.25. The Morgan fingerprint density at radius 3 is 2.83 bits per heavy atom. The molecule has 1 aromatic rings. The lowest BCUT2D eigenvalue weighted by atomic mass is 10.3. The summed E-state index contributed by atoms with van der Waals surface area (Å²) in [5.41, 5.74) is 5.73. The van der Waals surface area contributed by atoms with Crippen LogP contribution in [0.25, 0.3) is 0 Å². The number of hydrogen-bond acceptors (Lipinski definition) is 5. The number of nitrogens with two attached hydrogens (primary N) is 1. The molecule has 1 unspecified atom stereocenters. The molecule has 4 N–H and O–H groups in total. The Hall–Kier alpha value is -1.96. The summed E-state index contributed by atoms with van der Waals surface area (Å²) in [6.45, 7) is 4.32. The first-order valence-electron chi connectivity index (χ1n) is 5.73. The Balaban J connectivity index is 2.57. The average Bonchev–Trinajstić information content (AvgIpc) is 2.84. The van der Waals surface area contributed by atoms with Crippen LogP contribution in [0.1, 0.15) is 25.6 Å². The molecule has 1 heterocycles. The Morgan fingerprint density at radius 2 is 2.22 bits per heavy atom. The summed E-state index contributed by atoms with van der Waals surface area (Å²) in [5.74, 6) is -0.388. The third-order valence-electron chi connectivity index (χ3n) is 2.34. The van der Waals surface area contributed by atoms with Gasteiger partial charge in [-0.05, 0) is 13.8 Å². The van der Waals surface area contributed by atoms with E-state index in [1.807, 2.05) is 6.92 Å². The summed E-state index contributed by atoms with van der Waals surface area (Å²) < 4.78 is 1.45. The molecule has 0 bridgehead atoms. The number of nitrogens with one attached hydrogen (secondary N) is 2. The van der Waals surface area contributed by atoms with Gasteiger partial charge in [0.05, 0.1) is 19.3 Å². The van der Waals surface area contributed by atoms with Crippen molar-refractivity contribution in [2.45, 2.75) is 26.4 Å². The third-order valence-corrected chi connectivity index (χ3v) is 2.34. The molecule has 1 atom stereocenters. The molecule has 0 spiro atoms. The molecule has 8 nitrogen and oxygen atoms in total. The number of aromatic nitrogens is 3. The van der Waals surface area contributed by atoms with Gasteiger partial charge in [0.15, 0.2) is 0 Å². The van der Waals surface area contributed by atoms with Crippen LogP contribution in [-0.2, 0) is 16.1 Å². The molecule has 0 fully saturated rings. The number of carbonyl (C=O) groups excluding carboxylic acids is 2. The molecule has 1 aromatic heterocycles. The summed E-state index contributed by atoms with van der Waals surface area (Å²) in [4.78, 5) is 22.5. The van der Waals surface area contributed by atoms with Gasteiger partial charge >= 0.3 is 0 Å². The monoisotopic (exact) mass is 254 g/mol. The van der Waals surface area contributed by atoms with E-state index in [-0.39, 0.29) is 24.9 Å². The molecule has 0 aliphatic heterocycles. The number of carbonyl (C=O) groups is 2. The average molecular weight is 254 g/mol. The van der Waals surface area contributed by atoms with Crippen molar-refractivity contribution in [1.82, 2.24) is 25.6 Å². The minimum absolute atomic E-state index is 0.0660. The molecule has 0 aliphatic carbocycles. The third kappa shape index (κ3) is 3.81. The van der Waals surface area contributed by atoms with Crippen LogP contribution in [0.2, 0.25) is 0 Å². The zero-order chi connectivity index (χ0) is 13.5. The molecule has 18 heavy (non-hydrogen) atoms. The van der Waals surface area contributed by atoms with Crippen molar-refractivity contribution >= 4 is 11.8 Å². The van der Waals surface area contributed by atoms with Crippen LogP contribution in [-0.4, -0.2) is 39.9 Å². The van der Waals surface area contributed by atoms with E-state index in [2.05, 4.69) is 20.9 Å². The summed E-state index contributed by atoms with van der Waals surface area (Å²) >= 11 is 0. The highest BCUT2D eigenvalue weighted by Crippen LogP contribution is 2.04. The molecule has 0 radical (unpaired) electrons. The zero-order valence-electron chi connectivity index (χ0n) is 10.5. The molecule has 0 aliphatic rings. The maximum absolute atomic E-state index is 11.6. The van der Waals surface area contributed by atoms with Gasteiger partial charge in [-0.25, -0.2) is 4.68 Å². The van der Waals surface area contributed by atoms with Crippen molar-refractivity contribution in [1.29, 1.82) is 0 Å². The highest BCUT2D eigenvalue weighted by molar-refractivity contribution is 5.79. The second-order valence-electron chi connectivity index (χ2n) is 3.74. The number of rotatable bonds is 6. The standard InChI is InChI=1S/C10H18N6O2/c1-3-12-10(18)7(2)16-6-8(14-15-16)5-13-9(17)4-11/h6-7H,3-5,11H2,1-2H3,(H,12,18)(H,13,17). The highest BCUT2D eigenvalue weighted by Gasteiger charge is 2.15. The molecule has 0 saturated heterocycles. The van der Waals surface area contributed by atoms with Crippen molar-refractivity contribution in [3.05, 3.63) is 11.9 Å². The topological polar surface area (TPSA) is 115 Å². The van der Waals surface area contributed by atoms with Crippen molar-refractivity contribution in [3.8, 4) is 0 Å². The molecule has 2 amide bonds. The van der Waals surface area contributed by atoms with E-state index in [4.69, 9.17) is 5.73 Å². The summed E-state index contributed by atoms with van der Waals surface area (Å²) in [7, 11) is 0. The normalized spacial score (nSPS) is 11.9. The van der Waals surface area contributed by atoms with E-state index in [1.165, 1.54) is 4.68 Å². The molecule has 8 heteroatoms. The Morgan fingerprint density at radius 1 is 1.50 bits per heavy atom. The van der Waals surface area contributed by atoms with E-state index in [9.17, 15) is 9.59 Å². The predicted molar refractivity (Wildman–Crippen MR) is 64.3 cm³/mol. The lowest BCUT2D eigenvalue weighted by molar-refractivity contribution is -0.124. The van der Waals surface area contributed by atoms with Crippen LogP contribution >= 0.6 is 0 Å². The van der Waals surface area contributed by atoms with Crippen LogP contribution in [0.3, 0.4) is 0 Å². The SMILES string of the molecule is CCNC(=O)C(C)n1cc(CNC(=O)CN)nn1. The minimum Gasteiger partial charge on any atom is -0.355 e. The molecule has 0 saturated carbocycles. The second-order valence-corrected chi connectivity index (χ2v) is 3.74. The first-order chi connectivity index (χ1) is 8.58. The van der Waals surface area contributed by atoms with Crippen LogP contribution in [0.15, 0.2) is 6.20 Å². The van der Waals surface area contributed by atoms with Gasteiger partial charge in [0.25, 0.3) is 0 Å². The van der Waals surface area contributed by atoms with E-state index in [1.54, 1.807) is 13.1 Å². The second kappa shape index (κ2) is 6.70. The zero-order valence-corrected chi connectivity index (χ0v) is 10.5. The van der Waals surface area contributed by atoms with Crippen molar-refractivity contribution < 1.29 is 9.59 Å². The lowest BCUT2D eigenvalue weighted by Crippen LogP contribution is -2.31. The van der Waals surface area contributed by atoms with Gasteiger partial charge in [-0.15, -0.1) is 5.10 Å². The quantitative estimate of drug-likeness (QED) is 0.574. The van der Waals surface area contributed by atoms with Crippen molar-refractivity contribution in [3.63, 3.8) is 0 Å². The fourth-order valence-corrected chi connectivity index (χ4v) is 1.29. The fraction of sp³-hybridized carbons (Fsp3) is 0.600. The van der Waals surface area contributed by atoms with Crippen molar-refractivity contribution in [2.75, 3.05) is 13.1 Å². The van der Waals surface area contributed by atoms with Crippen LogP contribution < -0.4 is 16.4 Å². The first kappa shape index (κ1) is 14.1. The van der Waals surface area contributed by atoms with Crippen LogP contribution in [0, 0.1) is 0 Å². The predicted octanol–water partition coefficient (Wildman–Crippen LogP) is -1.45. The van der Waals surface area contributed by atoms with E-state index in [0.717, 1.165) is 0 Å². The van der Waals surface area contributed by atoms with Gasteiger partial charge < -0.3 is 16.4 Å². The minimum atomic E-state index is -0.434. The first-order valence-corrected chi connectivity index (χ1v) is 5.73. The van der Waals surface area contributed by atoms with Gasteiger partial charge in [-0.2, -0.15) is 0 Å². The molecule has 1 rings (SSSR count). The Bertz CT molecular complexity index is 416. The number of amides is 2. The Labute approximate surface area is 105 Å². The molecule has 0 aromatic carbocycles. The number of hydrogen-bond donors (Lipinski definition) is 3. The molecular weight excluding hydrogens is 236 g/mol. The van der Waals surface area contributed by atoms with Gasteiger partial charge in [0, 0.05) is 6.54 Å². The highest BCUT2D eigenvalue weighted by atomic mass is 16.2.